The molecule has 0 aliphatic carbocycles. The second-order valence-electron chi connectivity index (χ2n) is 6.65. The summed E-state index contributed by atoms with van der Waals surface area (Å²) in [5, 5.41) is 10.8. The molecule has 22 heavy (non-hydrogen) atoms. The average molecular weight is 302 g/mol. The monoisotopic (exact) mass is 302 g/mol. The van der Waals surface area contributed by atoms with Crippen LogP contribution >= 0.6 is 0 Å². The van der Waals surface area contributed by atoms with E-state index in [9.17, 15) is 5.11 Å². The maximum atomic E-state index is 9.60. The van der Waals surface area contributed by atoms with E-state index in [1.54, 1.807) is 0 Å². The minimum atomic E-state index is 0.284. The zero-order valence-electron chi connectivity index (χ0n) is 13.5. The number of aliphatic hydroxyl groups excluding tert-OH is 1. The first-order valence-corrected chi connectivity index (χ1v) is 8.08. The summed E-state index contributed by atoms with van der Waals surface area (Å²) in [6.45, 7) is 3.21. The van der Waals surface area contributed by atoms with Crippen molar-refractivity contribution >= 4 is 11.0 Å². The molecular formula is C17H26N4O. The fraction of sp³-hybridized carbons (Fsp3) is 0.588. The molecule has 2 N–H and O–H groups in total. The summed E-state index contributed by atoms with van der Waals surface area (Å²) in [4.78, 5) is 12.4. The molecule has 0 amide bonds. The molecule has 0 bridgehead atoms. The largest absolute Gasteiger partial charge is 0.396 e. The van der Waals surface area contributed by atoms with Gasteiger partial charge >= 0.3 is 0 Å². The summed E-state index contributed by atoms with van der Waals surface area (Å²) in [5.74, 6) is 0.383. The van der Waals surface area contributed by atoms with E-state index in [1.807, 2.05) is 12.3 Å². The van der Waals surface area contributed by atoms with Gasteiger partial charge in [0.25, 0.3) is 0 Å². The molecule has 2 aromatic heterocycles. The zero-order valence-corrected chi connectivity index (χ0v) is 13.5. The number of nitrogens with one attached hydrogen (secondary N) is 1. The summed E-state index contributed by atoms with van der Waals surface area (Å²) in [6, 6.07) is 4.67. The van der Waals surface area contributed by atoms with Crippen molar-refractivity contribution in [2.75, 3.05) is 33.8 Å². The number of pyridine rings is 1. The van der Waals surface area contributed by atoms with Gasteiger partial charge in [0.2, 0.25) is 0 Å². The molecule has 0 aromatic carbocycles. The fourth-order valence-electron chi connectivity index (χ4n) is 3.43. The Morgan fingerprint density at radius 2 is 2.23 bits per heavy atom. The van der Waals surface area contributed by atoms with Crippen LogP contribution in [0.2, 0.25) is 0 Å². The Balaban J connectivity index is 1.79. The van der Waals surface area contributed by atoms with Crippen LogP contribution in [0.5, 0.6) is 0 Å². The Bertz CT molecular complexity index is 609. The lowest BCUT2D eigenvalue weighted by atomic mass is 10.0. The maximum Gasteiger partial charge on any atom is 0.137 e. The van der Waals surface area contributed by atoms with E-state index >= 15 is 0 Å². The van der Waals surface area contributed by atoms with Gasteiger partial charge in [-0.05, 0) is 50.6 Å². The van der Waals surface area contributed by atoms with Crippen LogP contribution in [0.4, 0.5) is 0 Å². The SMILES string of the molecule is CN(C)[C@@H]1CC[C@H](CO)CN(Cc2c[nH]c3ncccc23)C1. The highest BCUT2D eigenvalue weighted by Crippen LogP contribution is 2.23. The van der Waals surface area contributed by atoms with E-state index in [2.05, 4.69) is 46.1 Å². The molecule has 2 aromatic rings. The first-order chi connectivity index (χ1) is 10.7. The Morgan fingerprint density at radius 1 is 1.36 bits per heavy atom. The molecule has 120 valence electrons. The normalized spacial score (nSPS) is 24.0. The smallest absolute Gasteiger partial charge is 0.137 e. The summed E-state index contributed by atoms with van der Waals surface area (Å²) in [7, 11) is 4.30. The summed E-state index contributed by atoms with van der Waals surface area (Å²) in [5.41, 5.74) is 2.24. The molecule has 3 rings (SSSR count). The molecule has 1 saturated heterocycles. The fourth-order valence-corrected chi connectivity index (χ4v) is 3.43. The van der Waals surface area contributed by atoms with Crippen molar-refractivity contribution in [3.63, 3.8) is 0 Å². The van der Waals surface area contributed by atoms with Crippen LogP contribution in [-0.4, -0.2) is 64.7 Å². The van der Waals surface area contributed by atoms with Crippen LogP contribution in [0.1, 0.15) is 18.4 Å². The molecule has 0 radical (unpaired) electrons. The molecule has 0 unspecified atom stereocenters. The van der Waals surface area contributed by atoms with E-state index < -0.39 is 0 Å². The quantitative estimate of drug-likeness (QED) is 0.902. The Morgan fingerprint density at radius 3 is 3.00 bits per heavy atom. The van der Waals surface area contributed by atoms with Gasteiger partial charge in [-0.2, -0.15) is 0 Å². The number of nitrogens with zero attached hydrogens (tertiary/aromatic N) is 3. The number of likely N-dealkylation sites (tertiary alicyclic amines) is 1. The standard InChI is InChI=1S/C17H26N4O/c1-20(2)15-6-5-13(12-22)9-21(11-15)10-14-8-19-17-16(14)4-3-7-18-17/h3-4,7-8,13,15,22H,5-6,9-12H2,1-2H3,(H,18,19)/t13-,15+/m0/s1. The molecule has 0 saturated carbocycles. The summed E-state index contributed by atoms with van der Waals surface area (Å²) in [6.07, 6.45) is 6.15. The van der Waals surface area contributed by atoms with Crippen molar-refractivity contribution in [3.05, 3.63) is 30.1 Å². The average Bonchev–Trinajstić information content (AvgIpc) is 2.79. The van der Waals surface area contributed by atoms with Gasteiger partial charge in [-0.15, -0.1) is 0 Å². The van der Waals surface area contributed by atoms with Gasteiger partial charge in [-0.1, -0.05) is 0 Å². The second kappa shape index (κ2) is 6.77. The first kappa shape index (κ1) is 15.5. The van der Waals surface area contributed by atoms with Crippen molar-refractivity contribution in [3.8, 4) is 0 Å². The Labute approximate surface area is 131 Å². The highest BCUT2D eigenvalue weighted by molar-refractivity contribution is 5.79. The van der Waals surface area contributed by atoms with Gasteiger partial charge in [-0.3, -0.25) is 4.90 Å². The lowest BCUT2D eigenvalue weighted by Gasteiger charge is -2.28. The summed E-state index contributed by atoms with van der Waals surface area (Å²) < 4.78 is 0. The number of likely N-dealkylation sites (N-methyl/N-ethyl adjacent to an activating group) is 1. The highest BCUT2D eigenvalue weighted by atomic mass is 16.3. The number of aromatic amines is 1. The number of rotatable bonds is 4. The Hall–Kier alpha value is -1.43. The molecule has 2 atom stereocenters. The molecule has 3 heterocycles. The first-order valence-electron chi connectivity index (χ1n) is 8.08. The van der Waals surface area contributed by atoms with Gasteiger partial charge in [0.05, 0.1) is 0 Å². The van der Waals surface area contributed by atoms with Crippen LogP contribution in [0.25, 0.3) is 11.0 Å². The van der Waals surface area contributed by atoms with Crippen LogP contribution < -0.4 is 0 Å². The third kappa shape index (κ3) is 3.32. The molecule has 5 nitrogen and oxygen atoms in total. The van der Waals surface area contributed by atoms with Crippen LogP contribution in [0, 0.1) is 5.92 Å². The van der Waals surface area contributed by atoms with E-state index in [1.165, 1.54) is 10.9 Å². The third-order valence-corrected chi connectivity index (χ3v) is 4.81. The predicted molar refractivity (Wildman–Crippen MR) is 88.7 cm³/mol. The topological polar surface area (TPSA) is 55.4 Å². The van der Waals surface area contributed by atoms with Crippen molar-refractivity contribution in [1.29, 1.82) is 0 Å². The van der Waals surface area contributed by atoms with E-state index in [4.69, 9.17) is 0 Å². The predicted octanol–water partition coefficient (Wildman–Crippen LogP) is 1.70. The number of hydrogen-bond donors (Lipinski definition) is 2. The number of hydrogen-bond acceptors (Lipinski definition) is 4. The van der Waals surface area contributed by atoms with Crippen molar-refractivity contribution in [2.45, 2.75) is 25.4 Å². The second-order valence-corrected chi connectivity index (χ2v) is 6.65. The lowest BCUT2D eigenvalue weighted by Crippen LogP contribution is -2.39. The minimum Gasteiger partial charge on any atom is -0.396 e. The van der Waals surface area contributed by atoms with E-state index in [0.29, 0.717) is 12.0 Å². The van der Waals surface area contributed by atoms with Gasteiger partial charge in [0, 0.05) is 50.1 Å². The molecule has 1 fully saturated rings. The molecule has 0 spiro atoms. The minimum absolute atomic E-state index is 0.284. The van der Waals surface area contributed by atoms with Crippen molar-refractivity contribution in [1.82, 2.24) is 19.8 Å². The number of fused-ring (bicyclic) bond motifs is 1. The van der Waals surface area contributed by atoms with Gasteiger partial charge in [-0.25, -0.2) is 4.98 Å². The van der Waals surface area contributed by atoms with E-state index in [0.717, 1.165) is 38.1 Å². The van der Waals surface area contributed by atoms with Gasteiger partial charge < -0.3 is 15.0 Å². The van der Waals surface area contributed by atoms with E-state index in [-0.39, 0.29) is 6.61 Å². The lowest BCUT2D eigenvalue weighted by molar-refractivity contribution is 0.158. The van der Waals surface area contributed by atoms with Gasteiger partial charge in [0.1, 0.15) is 5.65 Å². The number of aliphatic hydroxyl groups is 1. The van der Waals surface area contributed by atoms with Crippen LogP contribution in [0.3, 0.4) is 0 Å². The van der Waals surface area contributed by atoms with Crippen LogP contribution in [-0.2, 0) is 6.54 Å². The number of H-pyrrole nitrogens is 1. The third-order valence-electron chi connectivity index (χ3n) is 4.81. The van der Waals surface area contributed by atoms with Gasteiger partial charge in [0.15, 0.2) is 0 Å². The Kier molecular flexibility index (Phi) is 4.76. The maximum absolute atomic E-state index is 9.60. The van der Waals surface area contributed by atoms with Crippen LogP contribution in [0.15, 0.2) is 24.5 Å². The molecule has 5 heteroatoms. The molecular weight excluding hydrogens is 276 g/mol. The number of aromatic nitrogens is 2. The van der Waals surface area contributed by atoms with Crippen molar-refractivity contribution in [2.24, 2.45) is 5.92 Å². The summed E-state index contributed by atoms with van der Waals surface area (Å²) >= 11 is 0. The molecule has 1 aliphatic heterocycles. The highest BCUT2D eigenvalue weighted by Gasteiger charge is 2.25. The molecule has 1 aliphatic rings. The zero-order chi connectivity index (χ0) is 15.5. The van der Waals surface area contributed by atoms with Crippen molar-refractivity contribution < 1.29 is 5.11 Å².